The number of amides is 1. The number of benzene rings is 2. The zero-order valence-corrected chi connectivity index (χ0v) is 17.9. The summed E-state index contributed by atoms with van der Waals surface area (Å²) in [5, 5.41) is 17.0. The van der Waals surface area contributed by atoms with Gasteiger partial charge in [-0.2, -0.15) is 0 Å². The highest BCUT2D eigenvalue weighted by atomic mass is 32.2. The summed E-state index contributed by atoms with van der Waals surface area (Å²) >= 11 is 2.69. The van der Waals surface area contributed by atoms with E-state index >= 15 is 0 Å². The van der Waals surface area contributed by atoms with Crippen molar-refractivity contribution in [3.63, 3.8) is 0 Å². The van der Waals surface area contributed by atoms with Gasteiger partial charge in [0.15, 0.2) is 0 Å². The Morgan fingerprint density at radius 1 is 1.23 bits per heavy atom. The molecule has 0 aliphatic heterocycles. The summed E-state index contributed by atoms with van der Waals surface area (Å²) in [4.78, 5) is 28.5. The zero-order valence-electron chi connectivity index (χ0n) is 16.3. The van der Waals surface area contributed by atoms with Gasteiger partial charge in [-0.1, -0.05) is 23.9 Å². The van der Waals surface area contributed by atoms with Gasteiger partial charge in [0.25, 0.3) is 11.6 Å². The molecule has 0 aliphatic carbocycles. The molecule has 0 saturated carbocycles. The number of hydrogen-bond acceptors (Lipinski definition) is 6. The van der Waals surface area contributed by atoms with Gasteiger partial charge < -0.3 is 5.32 Å². The monoisotopic (exact) mass is 445 g/mol. The van der Waals surface area contributed by atoms with Crippen LogP contribution in [0.3, 0.4) is 0 Å². The second-order valence-electron chi connectivity index (χ2n) is 6.57. The van der Waals surface area contributed by atoms with E-state index in [0.29, 0.717) is 16.3 Å². The van der Waals surface area contributed by atoms with Gasteiger partial charge in [0, 0.05) is 39.5 Å². The summed E-state index contributed by atoms with van der Waals surface area (Å²) in [5.41, 5.74) is 0.985. The fraction of sp³-hybridized carbons (Fsp3) is 0.238. The quantitative estimate of drug-likeness (QED) is 0.271. The minimum atomic E-state index is -0.551. The van der Waals surface area contributed by atoms with E-state index in [9.17, 15) is 19.3 Å². The average Bonchev–Trinajstić information content (AvgIpc) is 3.14. The normalized spacial score (nSPS) is 10.7. The van der Waals surface area contributed by atoms with Crippen LogP contribution in [0.25, 0.3) is 0 Å². The zero-order chi connectivity index (χ0) is 21.5. The largest absolute Gasteiger partial charge is 0.352 e. The lowest BCUT2D eigenvalue weighted by atomic mass is 10.1. The smallest absolute Gasteiger partial charge is 0.270 e. The molecule has 0 bridgehead atoms. The third kappa shape index (κ3) is 5.87. The number of unbranched alkanes of at least 4 members (excludes halogenated alkanes) is 1. The van der Waals surface area contributed by atoms with Crippen LogP contribution >= 0.6 is 23.1 Å². The summed E-state index contributed by atoms with van der Waals surface area (Å²) in [6.07, 6.45) is 2.48. The molecule has 0 spiro atoms. The van der Waals surface area contributed by atoms with E-state index in [1.165, 1.54) is 24.3 Å². The molecule has 156 valence electrons. The van der Waals surface area contributed by atoms with Crippen molar-refractivity contribution in [3.05, 3.63) is 80.0 Å². The first-order valence-electron chi connectivity index (χ1n) is 9.34. The number of nitrogens with one attached hydrogen (secondary N) is 1. The third-order valence-electron chi connectivity index (χ3n) is 4.24. The van der Waals surface area contributed by atoms with Gasteiger partial charge in [-0.05, 0) is 44.4 Å². The van der Waals surface area contributed by atoms with E-state index in [2.05, 4.69) is 10.3 Å². The predicted octanol–water partition coefficient (Wildman–Crippen LogP) is 5.40. The lowest BCUT2D eigenvalue weighted by molar-refractivity contribution is -0.384. The second kappa shape index (κ2) is 10.3. The van der Waals surface area contributed by atoms with Crippen molar-refractivity contribution in [1.29, 1.82) is 0 Å². The van der Waals surface area contributed by atoms with Crippen LogP contribution in [-0.2, 0) is 6.42 Å². The molecule has 0 saturated heterocycles. The van der Waals surface area contributed by atoms with Crippen molar-refractivity contribution in [3.8, 4) is 0 Å². The Hall–Kier alpha value is -2.78. The fourth-order valence-electron chi connectivity index (χ4n) is 2.76. The number of carbonyl (C=O) groups is 1. The maximum Gasteiger partial charge on any atom is 0.270 e. The van der Waals surface area contributed by atoms with Crippen molar-refractivity contribution in [2.24, 2.45) is 0 Å². The highest BCUT2D eigenvalue weighted by Crippen LogP contribution is 2.34. The molecule has 6 nitrogen and oxygen atoms in total. The molecule has 0 atom stereocenters. The minimum absolute atomic E-state index is 0.160. The molecule has 0 fully saturated rings. The van der Waals surface area contributed by atoms with Crippen LogP contribution in [0.5, 0.6) is 0 Å². The van der Waals surface area contributed by atoms with Crippen LogP contribution in [0.2, 0.25) is 0 Å². The van der Waals surface area contributed by atoms with Crippen LogP contribution in [0, 0.1) is 22.9 Å². The highest BCUT2D eigenvalue weighted by Gasteiger charge is 2.18. The van der Waals surface area contributed by atoms with Crippen molar-refractivity contribution in [2.75, 3.05) is 6.54 Å². The van der Waals surface area contributed by atoms with Gasteiger partial charge >= 0.3 is 0 Å². The van der Waals surface area contributed by atoms with E-state index in [1.807, 2.05) is 12.3 Å². The molecule has 9 heteroatoms. The Kier molecular flexibility index (Phi) is 7.53. The fourth-order valence-corrected chi connectivity index (χ4v) is 4.52. The average molecular weight is 446 g/mol. The molecule has 30 heavy (non-hydrogen) atoms. The molecule has 3 rings (SSSR count). The molecule has 1 heterocycles. The lowest BCUT2D eigenvalue weighted by Crippen LogP contribution is -2.25. The Bertz CT molecular complexity index is 1060. The molecule has 0 aliphatic rings. The summed E-state index contributed by atoms with van der Waals surface area (Å²) in [6.45, 7) is 2.39. The number of nitrogens with zero attached hydrogens (tertiary/aromatic N) is 2. The Morgan fingerprint density at radius 3 is 2.73 bits per heavy atom. The van der Waals surface area contributed by atoms with Crippen LogP contribution in [-0.4, -0.2) is 22.4 Å². The van der Waals surface area contributed by atoms with Crippen LogP contribution in [0.4, 0.5) is 10.1 Å². The number of carbonyl (C=O) groups excluding carboxylic acids is 1. The Morgan fingerprint density at radius 2 is 2.03 bits per heavy atom. The van der Waals surface area contributed by atoms with Crippen molar-refractivity contribution in [2.45, 2.75) is 36.0 Å². The molecule has 0 unspecified atom stereocenters. The maximum absolute atomic E-state index is 14.0. The lowest BCUT2D eigenvalue weighted by Gasteiger charge is -2.10. The van der Waals surface area contributed by atoms with Crippen LogP contribution in [0.15, 0.2) is 57.6 Å². The first-order chi connectivity index (χ1) is 14.4. The second-order valence-corrected chi connectivity index (χ2v) is 8.59. The molecular weight excluding hydrogens is 425 g/mol. The Balaban J connectivity index is 1.65. The van der Waals surface area contributed by atoms with Crippen molar-refractivity contribution in [1.82, 2.24) is 10.3 Å². The highest BCUT2D eigenvalue weighted by molar-refractivity contribution is 7.99. The number of nitro groups is 1. The predicted molar refractivity (Wildman–Crippen MR) is 116 cm³/mol. The molecule has 1 aromatic heterocycles. The summed E-state index contributed by atoms with van der Waals surface area (Å²) < 4.78 is 14.0. The van der Waals surface area contributed by atoms with Gasteiger partial charge in [-0.15, -0.1) is 11.3 Å². The number of thiazole rings is 1. The van der Waals surface area contributed by atoms with Crippen LogP contribution in [0.1, 0.15) is 33.9 Å². The van der Waals surface area contributed by atoms with E-state index in [4.69, 9.17) is 0 Å². The van der Waals surface area contributed by atoms with Crippen LogP contribution < -0.4 is 5.32 Å². The topological polar surface area (TPSA) is 85.1 Å². The third-order valence-corrected chi connectivity index (χ3v) is 6.40. The minimum Gasteiger partial charge on any atom is -0.352 e. The number of hydrogen-bond donors (Lipinski definition) is 1. The summed E-state index contributed by atoms with van der Waals surface area (Å²) in [5.74, 6) is -0.827. The SMILES string of the molecule is Cc1csc(CCCCNC(=O)c2cc([N+](=O)[O-])ccc2Sc2ccccc2F)n1. The van der Waals surface area contributed by atoms with E-state index in [-0.39, 0.29) is 11.3 Å². The summed E-state index contributed by atoms with van der Waals surface area (Å²) in [7, 11) is 0. The number of aromatic nitrogens is 1. The first-order valence-corrected chi connectivity index (χ1v) is 11.0. The molecule has 1 N–H and O–H groups in total. The van der Waals surface area contributed by atoms with Gasteiger partial charge in [-0.3, -0.25) is 14.9 Å². The van der Waals surface area contributed by atoms with E-state index in [1.54, 1.807) is 29.5 Å². The number of nitro benzene ring substituents is 1. The van der Waals surface area contributed by atoms with Gasteiger partial charge in [0.05, 0.1) is 15.5 Å². The molecule has 2 aromatic carbocycles. The van der Waals surface area contributed by atoms with E-state index in [0.717, 1.165) is 41.7 Å². The molecule has 0 radical (unpaired) electrons. The number of halogens is 1. The standard InChI is InChI=1S/C21H20FN3O3S2/c1-14-13-29-20(24-14)8-4-5-11-23-21(26)16-12-15(25(27)28)9-10-18(16)30-19-7-3-2-6-17(19)22/h2-3,6-7,9-10,12-13H,4-5,8,11H2,1H3,(H,23,26). The number of non-ortho nitro benzene ring substituents is 1. The van der Waals surface area contributed by atoms with Crippen molar-refractivity contribution >= 4 is 34.7 Å². The Labute approximate surface area is 181 Å². The van der Waals surface area contributed by atoms with Gasteiger partial charge in [0.2, 0.25) is 0 Å². The first kappa shape index (κ1) is 21.9. The van der Waals surface area contributed by atoms with Crippen molar-refractivity contribution < 1.29 is 14.1 Å². The van der Waals surface area contributed by atoms with E-state index < -0.39 is 16.6 Å². The molecule has 1 amide bonds. The number of rotatable bonds is 9. The summed E-state index contributed by atoms with van der Waals surface area (Å²) in [6, 6.07) is 10.2. The molecular formula is C21H20FN3O3S2. The number of aryl methyl sites for hydroxylation is 2. The van der Waals surface area contributed by atoms with Gasteiger partial charge in [0.1, 0.15) is 5.82 Å². The van der Waals surface area contributed by atoms with Gasteiger partial charge in [-0.25, -0.2) is 9.37 Å². The molecule has 3 aromatic rings. The maximum atomic E-state index is 14.0.